The summed E-state index contributed by atoms with van der Waals surface area (Å²) in [7, 11) is 1.53. The number of nitrogens with zero attached hydrogens (tertiary/aromatic N) is 1. The monoisotopic (exact) mass is 272 g/mol. The highest BCUT2D eigenvalue weighted by Crippen LogP contribution is 2.33. The van der Waals surface area contributed by atoms with Crippen LogP contribution >= 0.6 is 0 Å². The SMILES string of the molecule is COc1ccccc1C(C)(Oc1cccnc1)C(N)=O. The third-order valence-electron chi connectivity index (χ3n) is 3.05. The molecule has 1 unspecified atom stereocenters. The minimum absolute atomic E-state index is 0.458. The predicted molar refractivity (Wildman–Crippen MR) is 74.4 cm³/mol. The first-order chi connectivity index (χ1) is 9.58. The number of amides is 1. The topological polar surface area (TPSA) is 74.4 Å². The Labute approximate surface area is 117 Å². The molecule has 1 amide bonds. The average Bonchev–Trinajstić information content (AvgIpc) is 2.48. The van der Waals surface area contributed by atoms with Crippen LogP contribution in [0.2, 0.25) is 0 Å². The Balaban J connectivity index is 2.47. The Morgan fingerprint density at radius 2 is 2.00 bits per heavy atom. The van der Waals surface area contributed by atoms with Crippen molar-refractivity contribution >= 4 is 5.91 Å². The Hall–Kier alpha value is -2.56. The van der Waals surface area contributed by atoms with Crippen LogP contribution in [0.4, 0.5) is 0 Å². The van der Waals surface area contributed by atoms with E-state index >= 15 is 0 Å². The molecule has 0 radical (unpaired) electrons. The van der Waals surface area contributed by atoms with E-state index in [1.54, 1.807) is 43.5 Å². The standard InChI is InChI=1S/C15H16N2O3/c1-15(14(16)18,20-11-6-5-9-17-10-11)12-7-3-4-8-13(12)19-2/h3-10H,1-2H3,(H2,16,18). The van der Waals surface area contributed by atoms with Crippen molar-refractivity contribution < 1.29 is 14.3 Å². The van der Waals surface area contributed by atoms with Gasteiger partial charge in [-0.25, -0.2) is 0 Å². The molecule has 1 aromatic heterocycles. The molecule has 1 heterocycles. The maximum absolute atomic E-state index is 11.9. The van der Waals surface area contributed by atoms with Crippen molar-refractivity contribution in [3.05, 3.63) is 54.4 Å². The van der Waals surface area contributed by atoms with E-state index in [1.807, 2.05) is 6.07 Å². The van der Waals surface area contributed by atoms with Gasteiger partial charge >= 0.3 is 0 Å². The Morgan fingerprint density at radius 1 is 1.25 bits per heavy atom. The highest BCUT2D eigenvalue weighted by Gasteiger charge is 2.38. The van der Waals surface area contributed by atoms with Crippen molar-refractivity contribution in [1.82, 2.24) is 4.98 Å². The molecule has 0 saturated heterocycles. The largest absolute Gasteiger partial charge is 0.496 e. The summed E-state index contributed by atoms with van der Waals surface area (Å²) in [6.07, 6.45) is 3.15. The quantitative estimate of drug-likeness (QED) is 0.901. The fourth-order valence-corrected chi connectivity index (χ4v) is 1.92. The van der Waals surface area contributed by atoms with Crippen molar-refractivity contribution in [3.63, 3.8) is 0 Å². The van der Waals surface area contributed by atoms with E-state index in [0.29, 0.717) is 17.1 Å². The Morgan fingerprint density at radius 3 is 2.60 bits per heavy atom. The predicted octanol–water partition coefficient (Wildman–Crippen LogP) is 1.87. The van der Waals surface area contributed by atoms with Crippen molar-refractivity contribution in [1.29, 1.82) is 0 Å². The molecule has 0 aliphatic rings. The summed E-state index contributed by atoms with van der Waals surface area (Å²) < 4.78 is 11.1. The van der Waals surface area contributed by atoms with Gasteiger partial charge in [0.1, 0.15) is 11.5 Å². The van der Waals surface area contributed by atoms with E-state index in [2.05, 4.69) is 4.98 Å². The molecular weight excluding hydrogens is 256 g/mol. The van der Waals surface area contributed by atoms with Gasteiger partial charge in [0, 0.05) is 11.8 Å². The normalized spacial score (nSPS) is 13.3. The summed E-state index contributed by atoms with van der Waals surface area (Å²) >= 11 is 0. The summed E-state index contributed by atoms with van der Waals surface area (Å²) in [5.41, 5.74) is 4.77. The number of hydrogen-bond donors (Lipinski definition) is 1. The summed E-state index contributed by atoms with van der Waals surface area (Å²) in [6, 6.07) is 10.5. The lowest BCUT2D eigenvalue weighted by Gasteiger charge is -2.29. The zero-order chi connectivity index (χ0) is 14.6. The molecule has 1 atom stereocenters. The molecule has 20 heavy (non-hydrogen) atoms. The maximum atomic E-state index is 11.9. The second-order valence-corrected chi connectivity index (χ2v) is 4.39. The summed E-state index contributed by atoms with van der Waals surface area (Å²) in [5, 5.41) is 0. The van der Waals surface area contributed by atoms with Crippen molar-refractivity contribution in [2.75, 3.05) is 7.11 Å². The molecule has 0 spiro atoms. The molecule has 0 aliphatic carbocycles. The Bertz CT molecular complexity index is 601. The number of rotatable bonds is 5. The number of benzene rings is 1. The van der Waals surface area contributed by atoms with Crippen LogP contribution in [0.3, 0.4) is 0 Å². The minimum atomic E-state index is -1.34. The van der Waals surface area contributed by atoms with Gasteiger partial charge in [-0.1, -0.05) is 18.2 Å². The van der Waals surface area contributed by atoms with Crippen LogP contribution in [0, 0.1) is 0 Å². The molecule has 2 aromatic rings. The molecular formula is C15H16N2O3. The lowest BCUT2D eigenvalue weighted by atomic mass is 9.94. The molecule has 5 nitrogen and oxygen atoms in total. The van der Waals surface area contributed by atoms with Crippen LogP contribution in [0.5, 0.6) is 11.5 Å². The number of hydrogen-bond acceptors (Lipinski definition) is 4. The number of carbonyl (C=O) groups is 1. The summed E-state index contributed by atoms with van der Waals surface area (Å²) in [4.78, 5) is 15.9. The van der Waals surface area contributed by atoms with Crippen LogP contribution in [0.1, 0.15) is 12.5 Å². The summed E-state index contributed by atoms with van der Waals surface area (Å²) in [6.45, 7) is 1.61. The lowest BCUT2D eigenvalue weighted by molar-refractivity contribution is -0.133. The van der Waals surface area contributed by atoms with Crippen LogP contribution in [0.15, 0.2) is 48.8 Å². The van der Waals surface area contributed by atoms with Crippen LogP contribution in [0.25, 0.3) is 0 Å². The van der Waals surface area contributed by atoms with Gasteiger partial charge in [0.05, 0.1) is 13.3 Å². The minimum Gasteiger partial charge on any atom is -0.496 e. The highest BCUT2D eigenvalue weighted by molar-refractivity contribution is 5.85. The van der Waals surface area contributed by atoms with Gasteiger partial charge in [0.25, 0.3) is 5.91 Å². The first-order valence-corrected chi connectivity index (χ1v) is 6.10. The van der Waals surface area contributed by atoms with E-state index in [9.17, 15) is 4.79 Å². The van der Waals surface area contributed by atoms with E-state index in [-0.39, 0.29) is 0 Å². The van der Waals surface area contributed by atoms with Crippen LogP contribution in [-0.2, 0) is 10.4 Å². The first kappa shape index (κ1) is 13.9. The van der Waals surface area contributed by atoms with Crippen LogP contribution < -0.4 is 15.2 Å². The third kappa shape index (κ3) is 2.56. The molecule has 1 aromatic carbocycles. The molecule has 104 valence electrons. The Kier molecular flexibility index (Phi) is 3.89. The number of para-hydroxylation sites is 1. The number of pyridine rings is 1. The van der Waals surface area contributed by atoms with Crippen molar-refractivity contribution in [2.45, 2.75) is 12.5 Å². The molecule has 5 heteroatoms. The first-order valence-electron chi connectivity index (χ1n) is 6.10. The van der Waals surface area contributed by atoms with Gasteiger partial charge < -0.3 is 15.2 Å². The molecule has 2 rings (SSSR count). The van der Waals surface area contributed by atoms with Gasteiger partial charge in [0.15, 0.2) is 0 Å². The molecule has 0 fully saturated rings. The number of aromatic nitrogens is 1. The fraction of sp³-hybridized carbons (Fsp3) is 0.200. The average molecular weight is 272 g/mol. The number of carbonyl (C=O) groups excluding carboxylic acids is 1. The van der Waals surface area contributed by atoms with Gasteiger partial charge in [-0.3, -0.25) is 9.78 Å². The van der Waals surface area contributed by atoms with Crippen molar-refractivity contribution in [3.8, 4) is 11.5 Å². The molecule has 0 bridgehead atoms. The molecule has 0 saturated carbocycles. The van der Waals surface area contributed by atoms with Gasteiger partial charge in [-0.2, -0.15) is 0 Å². The van der Waals surface area contributed by atoms with Gasteiger partial charge in [-0.05, 0) is 25.1 Å². The van der Waals surface area contributed by atoms with E-state index in [0.717, 1.165) is 0 Å². The zero-order valence-corrected chi connectivity index (χ0v) is 11.4. The number of primary amides is 1. The van der Waals surface area contributed by atoms with E-state index in [4.69, 9.17) is 15.2 Å². The fourth-order valence-electron chi connectivity index (χ4n) is 1.92. The van der Waals surface area contributed by atoms with Gasteiger partial charge in [0.2, 0.25) is 5.60 Å². The number of methoxy groups -OCH3 is 1. The highest BCUT2D eigenvalue weighted by atomic mass is 16.5. The number of nitrogens with two attached hydrogens (primary N) is 1. The maximum Gasteiger partial charge on any atom is 0.266 e. The molecule has 2 N–H and O–H groups in total. The lowest BCUT2D eigenvalue weighted by Crippen LogP contribution is -2.43. The number of ether oxygens (including phenoxy) is 2. The van der Waals surface area contributed by atoms with E-state index in [1.165, 1.54) is 13.3 Å². The zero-order valence-electron chi connectivity index (χ0n) is 11.4. The van der Waals surface area contributed by atoms with Gasteiger partial charge in [-0.15, -0.1) is 0 Å². The third-order valence-corrected chi connectivity index (χ3v) is 3.05. The van der Waals surface area contributed by atoms with Crippen molar-refractivity contribution in [2.24, 2.45) is 5.73 Å². The second-order valence-electron chi connectivity index (χ2n) is 4.39. The second kappa shape index (κ2) is 5.61. The van der Waals surface area contributed by atoms with Crippen LogP contribution in [-0.4, -0.2) is 18.0 Å². The molecule has 0 aliphatic heterocycles. The van der Waals surface area contributed by atoms with E-state index < -0.39 is 11.5 Å². The smallest absolute Gasteiger partial charge is 0.266 e. The summed E-state index contributed by atoms with van der Waals surface area (Å²) in [5.74, 6) is 0.392.